The van der Waals surface area contributed by atoms with Crippen molar-refractivity contribution in [3.63, 3.8) is 0 Å². The summed E-state index contributed by atoms with van der Waals surface area (Å²) >= 11 is 0. The fourth-order valence-electron chi connectivity index (χ4n) is 3.12. The Labute approximate surface area is 121 Å². The Balaban J connectivity index is 2.01. The quantitative estimate of drug-likeness (QED) is 0.779. The SMILES string of the molecule is COc1cncc(C(=O)C2CCC(C(C)(C)C)CC2)c1. The number of methoxy groups -OCH3 is 1. The molecule has 0 spiro atoms. The molecule has 0 radical (unpaired) electrons. The Morgan fingerprint density at radius 1 is 1.20 bits per heavy atom. The van der Waals surface area contributed by atoms with Gasteiger partial charge in [0.05, 0.1) is 13.3 Å². The number of hydrogen-bond donors (Lipinski definition) is 0. The van der Waals surface area contributed by atoms with Gasteiger partial charge in [-0.25, -0.2) is 0 Å². The first kappa shape index (κ1) is 15.0. The Bertz CT molecular complexity index is 468. The molecule has 1 aromatic heterocycles. The summed E-state index contributed by atoms with van der Waals surface area (Å²) in [5.41, 5.74) is 1.04. The van der Waals surface area contributed by atoms with Crippen LogP contribution < -0.4 is 4.74 Å². The first-order chi connectivity index (χ1) is 9.41. The molecule has 0 amide bonds. The van der Waals surface area contributed by atoms with E-state index in [1.165, 1.54) is 0 Å². The summed E-state index contributed by atoms with van der Waals surface area (Å²) in [6, 6.07) is 1.80. The van der Waals surface area contributed by atoms with Gasteiger partial charge < -0.3 is 4.74 Å². The molecule has 0 N–H and O–H groups in total. The summed E-state index contributed by atoms with van der Waals surface area (Å²) in [6.45, 7) is 6.89. The van der Waals surface area contributed by atoms with E-state index in [9.17, 15) is 4.79 Å². The largest absolute Gasteiger partial charge is 0.495 e. The molecule has 0 unspecified atom stereocenters. The number of carbonyl (C=O) groups is 1. The van der Waals surface area contributed by atoms with Gasteiger partial charge in [-0.1, -0.05) is 20.8 Å². The molecule has 20 heavy (non-hydrogen) atoms. The normalized spacial score (nSPS) is 23.4. The van der Waals surface area contributed by atoms with E-state index in [1.54, 1.807) is 25.6 Å². The second-order valence-electron chi connectivity index (χ2n) is 6.89. The maximum absolute atomic E-state index is 12.5. The standard InChI is InChI=1S/C17H25NO2/c1-17(2,3)14-7-5-12(6-8-14)16(19)13-9-15(20-4)11-18-10-13/h9-12,14H,5-8H2,1-4H3. The second kappa shape index (κ2) is 5.94. The third-order valence-corrected chi connectivity index (χ3v) is 4.56. The van der Waals surface area contributed by atoms with Crippen LogP contribution in [0.3, 0.4) is 0 Å². The molecule has 3 nitrogen and oxygen atoms in total. The van der Waals surface area contributed by atoms with Gasteiger partial charge in [-0.05, 0) is 43.1 Å². The average Bonchev–Trinajstić information content (AvgIpc) is 2.46. The van der Waals surface area contributed by atoms with Gasteiger partial charge in [-0.15, -0.1) is 0 Å². The Hall–Kier alpha value is -1.38. The lowest BCUT2D eigenvalue weighted by Crippen LogP contribution is -2.28. The second-order valence-corrected chi connectivity index (χ2v) is 6.89. The van der Waals surface area contributed by atoms with Crippen LogP contribution in [0.15, 0.2) is 18.5 Å². The van der Waals surface area contributed by atoms with Crippen LogP contribution in [0.25, 0.3) is 0 Å². The van der Waals surface area contributed by atoms with Crippen molar-refractivity contribution in [2.75, 3.05) is 7.11 Å². The molecule has 0 aliphatic heterocycles. The number of nitrogens with zero attached hydrogens (tertiary/aromatic N) is 1. The minimum atomic E-state index is 0.155. The molecule has 1 aliphatic carbocycles. The van der Waals surface area contributed by atoms with Crippen molar-refractivity contribution < 1.29 is 9.53 Å². The van der Waals surface area contributed by atoms with Gasteiger partial charge in [0.25, 0.3) is 0 Å². The topological polar surface area (TPSA) is 39.2 Å². The minimum Gasteiger partial charge on any atom is -0.495 e. The van der Waals surface area contributed by atoms with E-state index in [0.717, 1.165) is 31.6 Å². The number of hydrogen-bond acceptors (Lipinski definition) is 3. The molecule has 1 saturated carbocycles. The highest BCUT2D eigenvalue weighted by Crippen LogP contribution is 2.40. The van der Waals surface area contributed by atoms with Gasteiger partial charge >= 0.3 is 0 Å². The van der Waals surface area contributed by atoms with Gasteiger partial charge in [0, 0.05) is 17.7 Å². The van der Waals surface area contributed by atoms with Crippen LogP contribution in [-0.2, 0) is 0 Å². The predicted octanol–water partition coefficient (Wildman–Crippen LogP) is 4.13. The van der Waals surface area contributed by atoms with E-state index in [2.05, 4.69) is 25.8 Å². The monoisotopic (exact) mass is 275 g/mol. The number of Topliss-reactive ketones (excluding diaryl/α,β-unsaturated/α-hetero) is 1. The van der Waals surface area contributed by atoms with Crippen LogP contribution in [0, 0.1) is 17.3 Å². The van der Waals surface area contributed by atoms with E-state index in [-0.39, 0.29) is 11.7 Å². The Morgan fingerprint density at radius 3 is 2.40 bits per heavy atom. The van der Waals surface area contributed by atoms with E-state index in [0.29, 0.717) is 16.7 Å². The number of ether oxygens (including phenoxy) is 1. The van der Waals surface area contributed by atoms with E-state index >= 15 is 0 Å². The van der Waals surface area contributed by atoms with Crippen molar-refractivity contribution in [2.45, 2.75) is 46.5 Å². The molecule has 1 aliphatic rings. The minimum absolute atomic E-state index is 0.155. The van der Waals surface area contributed by atoms with Crippen molar-refractivity contribution in [3.8, 4) is 5.75 Å². The third kappa shape index (κ3) is 3.38. The van der Waals surface area contributed by atoms with Crippen LogP contribution in [0.4, 0.5) is 0 Å². The lowest BCUT2D eigenvalue weighted by Gasteiger charge is -2.36. The van der Waals surface area contributed by atoms with E-state index < -0.39 is 0 Å². The lowest BCUT2D eigenvalue weighted by atomic mass is 9.69. The summed E-state index contributed by atoms with van der Waals surface area (Å²) < 4.78 is 5.14. The molecule has 0 atom stereocenters. The zero-order valence-corrected chi connectivity index (χ0v) is 13.0. The highest BCUT2D eigenvalue weighted by molar-refractivity contribution is 5.97. The zero-order valence-electron chi connectivity index (χ0n) is 13.0. The van der Waals surface area contributed by atoms with Crippen LogP contribution >= 0.6 is 0 Å². The van der Waals surface area contributed by atoms with Gasteiger partial charge in [0.1, 0.15) is 5.75 Å². The molecule has 0 aromatic carbocycles. The predicted molar refractivity (Wildman–Crippen MR) is 80.0 cm³/mol. The first-order valence-electron chi connectivity index (χ1n) is 7.45. The molecule has 0 saturated heterocycles. The molecular formula is C17H25NO2. The highest BCUT2D eigenvalue weighted by Gasteiger charge is 2.32. The summed E-state index contributed by atoms with van der Waals surface area (Å²) in [5, 5.41) is 0. The Morgan fingerprint density at radius 2 is 1.85 bits per heavy atom. The Kier molecular flexibility index (Phi) is 4.46. The van der Waals surface area contributed by atoms with Gasteiger partial charge in [-0.2, -0.15) is 0 Å². The molecule has 1 aromatic rings. The van der Waals surface area contributed by atoms with Crippen molar-refractivity contribution in [1.29, 1.82) is 0 Å². The zero-order chi connectivity index (χ0) is 14.8. The van der Waals surface area contributed by atoms with E-state index in [4.69, 9.17) is 4.74 Å². The molecule has 3 heteroatoms. The molecule has 110 valence electrons. The molecule has 0 bridgehead atoms. The van der Waals surface area contributed by atoms with Crippen molar-refractivity contribution in [3.05, 3.63) is 24.0 Å². The van der Waals surface area contributed by atoms with Crippen molar-refractivity contribution in [1.82, 2.24) is 4.98 Å². The van der Waals surface area contributed by atoms with Gasteiger partial charge in [-0.3, -0.25) is 9.78 Å². The summed E-state index contributed by atoms with van der Waals surface area (Å²) in [6.07, 6.45) is 7.58. The van der Waals surface area contributed by atoms with E-state index in [1.807, 2.05) is 0 Å². The van der Waals surface area contributed by atoms with Crippen LogP contribution in [0.5, 0.6) is 5.75 Å². The number of pyridine rings is 1. The van der Waals surface area contributed by atoms with Crippen LogP contribution in [0.1, 0.15) is 56.8 Å². The molecule has 1 heterocycles. The number of ketones is 1. The maximum Gasteiger partial charge on any atom is 0.167 e. The van der Waals surface area contributed by atoms with Crippen LogP contribution in [-0.4, -0.2) is 17.9 Å². The van der Waals surface area contributed by atoms with Gasteiger partial charge in [0.2, 0.25) is 0 Å². The lowest BCUT2D eigenvalue weighted by molar-refractivity contribution is 0.0819. The first-order valence-corrected chi connectivity index (χ1v) is 7.45. The fourth-order valence-corrected chi connectivity index (χ4v) is 3.12. The van der Waals surface area contributed by atoms with Gasteiger partial charge in [0.15, 0.2) is 5.78 Å². The van der Waals surface area contributed by atoms with Crippen molar-refractivity contribution in [2.24, 2.45) is 17.3 Å². The third-order valence-electron chi connectivity index (χ3n) is 4.56. The summed E-state index contributed by atoms with van der Waals surface area (Å²) in [7, 11) is 1.60. The summed E-state index contributed by atoms with van der Waals surface area (Å²) in [4.78, 5) is 16.6. The molecule has 2 rings (SSSR count). The number of carbonyl (C=O) groups excluding carboxylic acids is 1. The number of aromatic nitrogens is 1. The van der Waals surface area contributed by atoms with Crippen LogP contribution in [0.2, 0.25) is 0 Å². The smallest absolute Gasteiger partial charge is 0.167 e. The molecule has 1 fully saturated rings. The average molecular weight is 275 g/mol. The maximum atomic E-state index is 12.5. The van der Waals surface area contributed by atoms with Crippen molar-refractivity contribution >= 4 is 5.78 Å². The number of rotatable bonds is 3. The summed E-state index contributed by atoms with van der Waals surface area (Å²) in [5.74, 6) is 1.76. The molecular weight excluding hydrogens is 250 g/mol. The fraction of sp³-hybridized carbons (Fsp3) is 0.647. The highest BCUT2D eigenvalue weighted by atomic mass is 16.5.